The van der Waals surface area contributed by atoms with Crippen molar-refractivity contribution in [1.29, 1.82) is 0 Å². The minimum atomic E-state index is -0.800. The number of hydrogen-bond acceptors (Lipinski definition) is 1. The first kappa shape index (κ1) is 14.7. The van der Waals surface area contributed by atoms with Crippen LogP contribution >= 0.6 is 0 Å². The van der Waals surface area contributed by atoms with Crippen LogP contribution in [0.4, 0.5) is 8.78 Å². The average molecular weight is 275 g/mol. The van der Waals surface area contributed by atoms with E-state index >= 15 is 0 Å². The molecule has 2 rings (SSSR count). The van der Waals surface area contributed by atoms with Crippen LogP contribution in [0, 0.1) is 11.6 Å². The smallest absolute Gasteiger partial charge is 0.159 e. The highest BCUT2D eigenvalue weighted by molar-refractivity contribution is 5.19. The van der Waals surface area contributed by atoms with E-state index < -0.39 is 11.6 Å². The van der Waals surface area contributed by atoms with Crippen molar-refractivity contribution in [2.45, 2.75) is 25.8 Å². The quantitative estimate of drug-likeness (QED) is 0.777. The Kier molecular flexibility index (Phi) is 5.24. The van der Waals surface area contributed by atoms with E-state index in [1.807, 2.05) is 18.2 Å². The van der Waals surface area contributed by atoms with Gasteiger partial charge in [-0.15, -0.1) is 0 Å². The molecular formula is C17H19F2N. The molecule has 0 saturated carbocycles. The Labute approximate surface area is 118 Å². The molecule has 2 aromatic carbocycles. The standard InChI is InChI=1S/C17H19F2N/c1-13(15-5-3-2-4-6-15)9-10-20-12-14-7-8-16(18)17(19)11-14/h2-8,11,13,20H,9-10,12H2,1H3. The van der Waals surface area contributed by atoms with Gasteiger partial charge in [-0.1, -0.05) is 43.3 Å². The summed E-state index contributed by atoms with van der Waals surface area (Å²) in [4.78, 5) is 0. The second-order valence-electron chi connectivity index (χ2n) is 5.03. The molecule has 0 aliphatic carbocycles. The van der Waals surface area contributed by atoms with Crippen molar-refractivity contribution >= 4 is 0 Å². The summed E-state index contributed by atoms with van der Waals surface area (Å²) < 4.78 is 25.8. The first-order valence-electron chi connectivity index (χ1n) is 6.86. The molecule has 0 amide bonds. The molecule has 20 heavy (non-hydrogen) atoms. The zero-order chi connectivity index (χ0) is 14.4. The maximum atomic E-state index is 13.0. The van der Waals surface area contributed by atoms with E-state index in [-0.39, 0.29) is 0 Å². The van der Waals surface area contributed by atoms with Crippen molar-refractivity contribution in [1.82, 2.24) is 5.32 Å². The van der Waals surface area contributed by atoms with Gasteiger partial charge in [0.1, 0.15) is 0 Å². The molecular weight excluding hydrogens is 256 g/mol. The lowest BCUT2D eigenvalue weighted by molar-refractivity contribution is 0.505. The van der Waals surface area contributed by atoms with E-state index in [0.717, 1.165) is 18.5 Å². The molecule has 0 aliphatic rings. The SMILES string of the molecule is CC(CCNCc1ccc(F)c(F)c1)c1ccccc1. The molecule has 1 unspecified atom stereocenters. The zero-order valence-electron chi connectivity index (χ0n) is 11.6. The Morgan fingerprint density at radius 2 is 1.75 bits per heavy atom. The molecule has 106 valence electrons. The van der Waals surface area contributed by atoms with E-state index in [1.165, 1.54) is 17.7 Å². The lowest BCUT2D eigenvalue weighted by Crippen LogP contribution is -2.16. The van der Waals surface area contributed by atoms with E-state index in [1.54, 1.807) is 6.07 Å². The van der Waals surface area contributed by atoms with Crippen LogP contribution in [-0.4, -0.2) is 6.54 Å². The number of halogens is 2. The second kappa shape index (κ2) is 7.15. The van der Waals surface area contributed by atoms with E-state index in [9.17, 15) is 8.78 Å². The number of nitrogens with one attached hydrogen (secondary N) is 1. The van der Waals surface area contributed by atoms with Gasteiger partial charge in [0.25, 0.3) is 0 Å². The van der Waals surface area contributed by atoms with Gasteiger partial charge in [0.2, 0.25) is 0 Å². The van der Waals surface area contributed by atoms with Crippen molar-refractivity contribution in [3.8, 4) is 0 Å². The van der Waals surface area contributed by atoms with Gasteiger partial charge >= 0.3 is 0 Å². The fourth-order valence-corrected chi connectivity index (χ4v) is 2.15. The summed E-state index contributed by atoms with van der Waals surface area (Å²) >= 11 is 0. The lowest BCUT2D eigenvalue weighted by Gasteiger charge is -2.12. The molecule has 0 spiro atoms. The highest BCUT2D eigenvalue weighted by Gasteiger charge is 2.05. The predicted molar refractivity (Wildman–Crippen MR) is 77.5 cm³/mol. The third kappa shape index (κ3) is 4.14. The molecule has 1 N–H and O–H groups in total. The first-order chi connectivity index (χ1) is 9.66. The van der Waals surface area contributed by atoms with Crippen LogP contribution in [0.25, 0.3) is 0 Å². The van der Waals surface area contributed by atoms with Gasteiger partial charge in [-0.05, 0) is 42.1 Å². The van der Waals surface area contributed by atoms with Crippen molar-refractivity contribution in [2.24, 2.45) is 0 Å². The van der Waals surface area contributed by atoms with Gasteiger partial charge in [0.15, 0.2) is 11.6 Å². The predicted octanol–water partition coefficient (Wildman–Crippen LogP) is 4.25. The molecule has 1 atom stereocenters. The fourth-order valence-electron chi connectivity index (χ4n) is 2.15. The summed E-state index contributed by atoms with van der Waals surface area (Å²) in [6.45, 7) is 3.59. The Morgan fingerprint density at radius 3 is 2.45 bits per heavy atom. The minimum Gasteiger partial charge on any atom is -0.313 e. The zero-order valence-corrected chi connectivity index (χ0v) is 11.6. The maximum Gasteiger partial charge on any atom is 0.159 e. The van der Waals surface area contributed by atoms with Crippen LogP contribution in [0.1, 0.15) is 30.4 Å². The Hall–Kier alpha value is -1.74. The Morgan fingerprint density at radius 1 is 1.00 bits per heavy atom. The normalized spacial score (nSPS) is 12.3. The van der Waals surface area contributed by atoms with E-state index in [4.69, 9.17) is 0 Å². The van der Waals surface area contributed by atoms with Crippen molar-refractivity contribution in [3.63, 3.8) is 0 Å². The summed E-state index contributed by atoms with van der Waals surface area (Å²) in [6.07, 6.45) is 1.01. The third-order valence-corrected chi connectivity index (χ3v) is 3.44. The fraction of sp³-hybridized carbons (Fsp3) is 0.294. The maximum absolute atomic E-state index is 13.0. The third-order valence-electron chi connectivity index (χ3n) is 3.44. The Balaban J connectivity index is 1.75. The Bertz CT molecular complexity index is 540. The van der Waals surface area contributed by atoms with Gasteiger partial charge in [-0.3, -0.25) is 0 Å². The van der Waals surface area contributed by atoms with E-state index in [0.29, 0.717) is 12.5 Å². The van der Waals surface area contributed by atoms with Crippen LogP contribution < -0.4 is 5.32 Å². The van der Waals surface area contributed by atoms with Crippen molar-refractivity contribution in [2.75, 3.05) is 6.54 Å². The van der Waals surface area contributed by atoms with Gasteiger partial charge < -0.3 is 5.32 Å². The molecule has 2 aromatic rings. The molecule has 0 saturated heterocycles. The largest absolute Gasteiger partial charge is 0.313 e. The van der Waals surface area contributed by atoms with Crippen LogP contribution in [0.2, 0.25) is 0 Å². The number of hydrogen-bond donors (Lipinski definition) is 1. The summed E-state index contributed by atoms with van der Waals surface area (Å²) in [5.74, 6) is -1.11. The molecule has 1 nitrogen and oxygen atoms in total. The average Bonchev–Trinajstić information content (AvgIpc) is 2.48. The molecule has 0 radical (unpaired) electrons. The second-order valence-corrected chi connectivity index (χ2v) is 5.03. The molecule has 0 bridgehead atoms. The summed E-state index contributed by atoms with van der Waals surface area (Å²) in [5, 5.41) is 3.26. The summed E-state index contributed by atoms with van der Waals surface area (Å²) in [7, 11) is 0. The van der Waals surface area contributed by atoms with Crippen molar-refractivity contribution in [3.05, 3.63) is 71.3 Å². The van der Waals surface area contributed by atoms with Crippen molar-refractivity contribution < 1.29 is 8.78 Å². The lowest BCUT2D eigenvalue weighted by atomic mass is 9.98. The molecule has 0 aromatic heterocycles. The van der Waals surface area contributed by atoms with Crippen LogP contribution in [-0.2, 0) is 6.54 Å². The molecule has 0 aliphatic heterocycles. The minimum absolute atomic E-state index is 0.480. The van der Waals surface area contributed by atoms with Crippen LogP contribution in [0.3, 0.4) is 0 Å². The number of rotatable bonds is 6. The van der Waals surface area contributed by atoms with Gasteiger partial charge in [-0.2, -0.15) is 0 Å². The monoisotopic (exact) mass is 275 g/mol. The van der Waals surface area contributed by atoms with Crippen LogP contribution in [0.5, 0.6) is 0 Å². The number of benzene rings is 2. The summed E-state index contributed by atoms with van der Waals surface area (Å²) in [6, 6.07) is 14.4. The summed E-state index contributed by atoms with van der Waals surface area (Å²) in [5.41, 5.74) is 2.08. The molecule has 0 heterocycles. The first-order valence-corrected chi connectivity index (χ1v) is 6.86. The van der Waals surface area contributed by atoms with Gasteiger partial charge in [0, 0.05) is 6.54 Å². The molecule has 0 fully saturated rings. The van der Waals surface area contributed by atoms with Gasteiger partial charge in [-0.25, -0.2) is 8.78 Å². The molecule has 3 heteroatoms. The van der Waals surface area contributed by atoms with E-state index in [2.05, 4.69) is 24.4 Å². The highest BCUT2D eigenvalue weighted by atomic mass is 19.2. The highest BCUT2D eigenvalue weighted by Crippen LogP contribution is 2.17. The topological polar surface area (TPSA) is 12.0 Å². The van der Waals surface area contributed by atoms with Gasteiger partial charge in [0.05, 0.1) is 0 Å². The van der Waals surface area contributed by atoms with Crippen LogP contribution in [0.15, 0.2) is 48.5 Å².